The maximum absolute atomic E-state index is 14.7. The highest BCUT2D eigenvalue weighted by Crippen LogP contribution is 2.42. The van der Waals surface area contributed by atoms with Gasteiger partial charge in [-0.15, -0.1) is 0 Å². The predicted octanol–water partition coefficient (Wildman–Crippen LogP) is 8.10. The van der Waals surface area contributed by atoms with Gasteiger partial charge in [-0.2, -0.15) is 0 Å². The van der Waals surface area contributed by atoms with Crippen LogP contribution in [0.15, 0.2) is 49.2 Å². The SMILES string of the molecule is C=Cc1c(C)c([C@H](OC(C)(C)C)C(=O)OC)c2n3cc(nc13)-c1cccc(c1)-c1cc(F)c(F)cc1O[C@@H](C)COCCOC1(C)CCN2CC1. The van der Waals surface area contributed by atoms with Crippen molar-refractivity contribution in [2.75, 3.05) is 44.9 Å². The van der Waals surface area contributed by atoms with Gasteiger partial charge < -0.3 is 28.6 Å². The lowest BCUT2D eigenvalue weighted by Gasteiger charge is -2.42. The van der Waals surface area contributed by atoms with Crippen LogP contribution in [0.3, 0.4) is 0 Å². The van der Waals surface area contributed by atoms with Crippen LogP contribution in [-0.2, 0) is 23.7 Å². The van der Waals surface area contributed by atoms with Crippen molar-refractivity contribution < 1.29 is 37.3 Å². The van der Waals surface area contributed by atoms with Crippen molar-refractivity contribution in [3.05, 3.63) is 77.5 Å². The summed E-state index contributed by atoms with van der Waals surface area (Å²) in [6.07, 6.45) is 3.65. The number of hydrogen-bond acceptors (Lipinski definition) is 8. The molecule has 9 nitrogen and oxygen atoms in total. The van der Waals surface area contributed by atoms with Crippen LogP contribution in [0.4, 0.5) is 14.6 Å². The van der Waals surface area contributed by atoms with E-state index in [1.54, 1.807) is 6.08 Å². The van der Waals surface area contributed by atoms with Crippen molar-refractivity contribution in [2.45, 2.75) is 77.8 Å². The molecule has 5 heterocycles. The Bertz CT molecular complexity index is 1940. The number of pyridine rings is 1. The van der Waals surface area contributed by atoms with Gasteiger partial charge >= 0.3 is 5.97 Å². The number of carbonyl (C=O) groups is 1. The van der Waals surface area contributed by atoms with Gasteiger partial charge in [0.15, 0.2) is 17.7 Å². The van der Waals surface area contributed by atoms with Crippen molar-refractivity contribution >= 4 is 23.5 Å². The lowest BCUT2D eigenvalue weighted by molar-refractivity contribution is -0.164. The number of fused-ring (bicyclic) bond motifs is 8. The first-order chi connectivity index (χ1) is 24.2. The number of methoxy groups -OCH3 is 1. The molecule has 3 aliphatic heterocycles. The molecule has 0 spiro atoms. The first-order valence-electron chi connectivity index (χ1n) is 17.4. The number of carbonyl (C=O) groups excluding carboxylic acids is 1. The highest BCUT2D eigenvalue weighted by atomic mass is 19.2. The highest BCUT2D eigenvalue weighted by Gasteiger charge is 2.38. The minimum absolute atomic E-state index is 0.199. The number of rotatable bonds is 4. The zero-order valence-electron chi connectivity index (χ0n) is 30.5. The maximum atomic E-state index is 14.7. The third kappa shape index (κ3) is 7.52. The monoisotopic (exact) mass is 703 g/mol. The number of imidazole rings is 1. The molecule has 0 amide bonds. The van der Waals surface area contributed by atoms with E-state index in [1.165, 1.54) is 7.11 Å². The lowest BCUT2D eigenvalue weighted by Crippen LogP contribution is -2.46. The summed E-state index contributed by atoms with van der Waals surface area (Å²) >= 11 is 0. The Labute approximate surface area is 298 Å². The Hall–Kier alpha value is -4.32. The van der Waals surface area contributed by atoms with Crippen LogP contribution in [-0.4, -0.2) is 72.7 Å². The smallest absolute Gasteiger partial charge is 0.339 e. The van der Waals surface area contributed by atoms with Gasteiger partial charge in [0.25, 0.3) is 0 Å². The third-order valence-corrected chi connectivity index (χ3v) is 9.55. The molecule has 6 bridgehead atoms. The number of piperidine rings is 1. The molecule has 2 atom stereocenters. The van der Waals surface area contributed by atoms with Gasteiger partial charge in [0.2, 0.25) is 0 Å². The van der Waals surface area contributed by atoms with E-state index in [0.29, 0.717) is 54.3 Å². The van der Waals surface area contributed by atoms with E-state index in [9.17, 15) is 13.6 Å². The standard InChI is InChI=1S/C40H47F2N3O6/c1-9-28-25(3)34(35(38(46)47-8)51-39(4,5)6)37-44-15-13-40(7,14-16-44)49-18-17-48-23-24(2)50-33-21-31(42)30(41)20-29(33)26-11-10-12-27(19-26)32-22-45(37)36(28)43-32/h9-12,19-22,24,35H,1,13-18,23H2,2-8H3/t24-,35-/m0/s1. The van der Waals surface area contributed by atoms with Crippen LogP contribution in [0.2, 0.25) is 0 Å². The van der Waals surface area contributed by atoms with Crippen molar-refractivity contribution in [3.8, 4) is 28.1 Å². The first-order valence-corrected chi connectivity index (χ1v) is 17.4. The van der Waals surface area contributed by atoms with Crippen LogP contribution < -0.4 is 9.64 Å². The molecule has 2 aromatic carbocycles. The van der Waals surface area contributed by atoms with E-state index in [-0.39, 0.29) is 12.4 Å². The van der Waals surface area contributed by atoms with Gasteiger partial charge in [-0.05, 0) is 77.6 Å². The Balaban J connectivity index is 1.60. The number of nitrogens with zero attached hydrogens (tertiary/aromatic N) is 3. The fourth-order valence-corrected chi connectivity index (χ4v) is 6.93. The zero-order chi connectivity index (χ0) is 36.7. The molecular weight excluding hydrogens is 656 g/mol. The molecule has 1 saturated heterocycles. The quantitative estimate of drug-likeness (QED) is 0.156. The van der Waals surface area contributed by atoms with Crippen molar-refractivity contribution in [1.82, 2.24) is 9.38 Å². The normalized spacial score (nSPS) is 20.5. The fraction of sp³-hybridized carbons (Fsp3) is 0.450. The largest absolute Gasteiger partial charge is 0.488 e. The minimum Gasteiger partial charge on any atom is -0.488 e. The number of ether oxygens (including phenoxy) is 5. The van der Waals surface area contributed by atoms with E-state index < -0.39 is 41.0 Å². The molecule has 272 valence electrons. The molecule has 0 N–H and O–H groups in total. The number of hydrogen-bond donors (Lipinski definition) is 0. The molecule has 7 rings (SSSR count). The molecule has 0 radical (unpaired) electrons. The van der Waals surface area contributed by atoms with Crippen LogP contribution in [0.1, 0.15) is 70.3 Å². The summed E-state index contributed by atoms with van der Waals surface area (Å²) in [7, 11) is 1.36. The van der Waals surface area contributed by atoms with Crippen LogP contribution in [0.5, 0.6) is 5.75 Å². The summed E-state index contributed by atoms with van der Waals surface area (Å²) in [4.78, 5) is 21.0. The van der Waals surface area contributed by atoms with Crippen molar-refractivity contribution in [2.24, 2.45) is 0 Å². The molecule has 0 aliphatic carbocycles. The Kier molecular flexibility index (Phi) is 10.3. The summed E-state index contributed by atoms with van der Waals surface area (Å²) in [6.45, 7) is 18.0. The Morgan fingerprint density at radius 2 is 1.82 bits per heavy atom. The fourth-order valence-electron chi connectivity index (χ4n) is 6.93. The molecule has 1 fully saturated rings. The molecule has 0 unspecified atom stereocenters. The molecule has 11 heteroatoms. The van der Waals surface area contributed by atoms with E-state index in [0.717, 1.165) is 47.5 Å². The molecule has 0 saturated carbocycles. The van der Waals surface area contributed by atoms with Crippen LogP contribution >= 0.6 is 0 Å². The summed E-state index contributed by atoms with van der Waals surface area (Å²) in [6, 6.07) is 9.69. The lowest BCUT2D eigenvalue weighted by atomic mass is 9.91. The Morgan fingerprint density at radius 1 is 1.12 bits per heavy atom. The van der Waals surface area contributed by atoms with Gasteiger partial charge in [-0.1, -0.05) is 30.9 Å². The third-order valence-electron chi connectivity index (χ3n) is 9.55. The predicted molar refractivity (Wildman–Crippen MR) is 193 cm³/mol. The summed E-state index contributed by atoms with van der Waals surface area (Å²) < 4.78 is 61.5. The average molecular weight is 704 g/mol. The van der Waals surface area contributed by atoms with E-state index >= 15 is 0 Å². The minimum atomic E-state index is -1.04. The molecule has 2 aromatic heterocycles. The second kappa shape index (κ2) is 14.4. The van der Waals surface area contributed by atoms with E-state index in [4.69, 9.17) is 28.7 Å². The van der Waals surface area contributed by atoms with E-state index in [2.05, 4.69) is 18.4 Å². The number of anilines is 1. The number of benzene rings is 2. The van der Waals surface area contributed by atoms with Crippen LogP contribution in [0, 0.1) is 18.6 Å². The topological polar surface area (TPSA) is 83.8 Å². The van der Waals surface area contributed by atoms with Gasteiger partial charge in [0.1, 0.15) is 23.3 Å². The summed E-state index contributed by atoms with van der Waals surface area (Å²) in [5.41, 5.74) is 4.19. The zero-order valence-corrected chi connectivity index (χ0v) is 30.5. The molecular formula is C40H47F2N3O6. The first kappa shape index (κ1) is 36.5. The molecule has 4 aromatic rings. The van der Waals surface area contributed by atoms with Crippen molar-refractivity contribution in [3.63, 3.8) is 0 Å². The van der Waals surface area contributed by atoms with Gasteiger partial charge in [-0.3, -0.25) is 4.40 Å². The molecule has 51 heavy (non-hydrogen) atoms. The second-order valence-corrected chi connectivity index (χ2v) is 14.6. The summed E-state index contributed by atoms with van der Waals surface area (Å²) in [5.74, 6) is -1.53. The molecule has 3 aliphatic rings. The summed E-state index contributed by atoms with van der Waals surface area (Å²) in [5, 5.41) is 0. The maximum Gasteiger partial charge on any atom is 0.339 e. The van der Waals surface area contributed by atoms with Gasteiger partial charge in [0, 0.05) is 47.6 Å². The number of aromatic nitrogens is 2. The van der Waals surface area contributed by atoms with Gasteiger partial charge in [0.05, 0.1) is 43.8 Å². The van der Waals surface area contributed by atoms with Crippen molar-refractivity contribution in [1.29, 1.82) is 0 Å². The van der Waals surface area contributed by atoms with Gasteiger partial charge in [-0.25, -0.2) is 18.6 Å². The second-order valence-electron chi connectivity index (χ2n) is 14.6. The highest BCUT2D eigenvalue weighted by molar-refractivity contribution is 5.85. The number of halogens is 2. The van der Waals surface area contributed by atoms with E-state index in [1.807, 2.05) is 69.5 Å². The number of esters is 1. The van der Waals surface area contributed by atoms with Crippen LogP contribution in [0.25, 0.3) is 34.1 Å². The average Bonchev–Trinajstić information content (AvgIpc) is 3.52. The Morgan fingerprint density at radius 3 is 2.51 bits per heavy atom.